The Kier molecular flexibility index (Phi) is 9.46. The van der Waals surface area contributed by atoms with Crippen molar-refractivity contribution in [3.8, 4) is 11.5 Å². The first-order chi connectivity index (χ1) is 16.0. The fourth-order valence-corrected chi connectivity index (χ4v) is 3.95. The highest BCUT2D eigenvalue weighted by atomic mass is 32.2. The predicted molar refractivity (Wildman–Crippen MR) is 129 cm³/mol. The molecule has 0 heterocycles. The lowest BCUT2D eigenvalue weighted by Crippen LogP contribution is -2.42. The van der Waals surface area contributed by atoms with E-state index in [4.69, 9.17) is 9.47 Å². The van der Waals surface area contributed by atoms with Crippen molar-refractivity contribution >= 4 is 21.8 Å². The Morgan fingerprint density at radius 1 is 0.971 bits per heavy atom. The molecule has 0 bridgehead atoms. The van der Waals surface area contributed by atoms with Gasteiger partial charge >= 0.3 is 0 Å². The van der Waals surface area contributed by atoms with E-state index < -0.39 is 21.8 Å². The number of sulfonamides is 1. The molecule has 0 fully saturated rings. The highest BCUT2D eigenvalue weighted by Gasteiger charge is 2.18. The summed E-state index contributed by atoms with van der Waals surface area (Å²) in [4.78, 5) is 24.5. The van der Waals surface area contributed by atoms with E-state index in [0.717, 1.165) is 12.0 Å². The van der Waals surface area contributed by atoms with Crippen LogP contribution in [-0.4, -0.2) is 40.5 Å². The number of amides is 2. The molecule has 2 aromatic carbocycles. The second-order valence-electron chi connectivity index (χ2n) is 8.64. The van der Waals surface area contributed by atoms with Gasteiger partial charge in [-0.05, 0) is 47.7 Å². The van der Waals surface area contributed by atoms with E-state index >= 15 is 0 Å². The molecule has 34 heavy (non-hydrogen) atoms. The van der Waals surface area contributed by atoms with Crippen molar-refractivity contribution in [2.75, 3.05) is 20.3 Å². The first-order valence-electron chi connectivity index (χ1n) is 11.0. The minimum atomic E-state index is -3.75. The third-order valence-corrected chi connectivity index (χ3v) is 6.35. The van der Waals surface area contributed by atoms with Gasteiger partial charge in [0.25, 0.3) is 5.91 Å². The molecule has 0 aliphatic heterocycles. The summed E-state index contributed by atoms with van der Waals surface area (Å²) in [5.74, 6) is -0.176. The molecule has 0 radical (unpaired) electrons. The fourth-order valence-electron chi connectivity index (χ4n) is 2.92. The van der Waals surface area contributed by atoms with Gasteiger partial charge < -0.3 is 9.47 Å². The number of nitrogens with one attached hydrogen (secondary N) is 3. The van der Waals surface area contributed by atoms with E-state index in [1.165, 1.54) is 25.3 Å². The van der Waals surface area contributed by atoms with Crippen molar-refractivity contribution in [1.82, 2.24) is 15.6 Å². The van der Waals surface area contributed by atoms with Crippen molar-refractivity contribution in [3.63, 3.8) is 0 Å². The largest absolute Gasteiger partial charge is 0.493 e. The van der Waals surface area contributed by atoms with Gasteiger partial charge in [-0.15, -0.1) is 0 Å². The zero-order valence-corrected chi connectivity index (χ0v) is 21.0. The standard InChI is InChI=1S/C24H33N3O6S/c1-6-15-33-20-12-7-17(16-21(20)32-5)23(29)27-26-22(28)13-14-25-34(30,31)19-10-8-18(9-11-19)24(2,3)4/h7-12,16,25H,6,13-15H2,1-5H3,(H,26,28)(H,27,29). The monoisotopic (exact) mass is 491 g/mol. The third kappa shape index (κ3) is 7.74. The highest BCUT2D eigenvalue weighted by Crippen LogP contribution is 2.28. The molecule has 3 N–H and O–H groups in total. The summed E-state index contributed by atoms with van der Waals surface area (Å²) in [7, 11) is -2.28. The molecular formula is C24H33N3O6S. The highest BCUT2D eigenvalue weighted by molar-refractivity contribution is 7.89. The quantitative estimate of drug-likeness (QED) is 0.439. The summed E-state index contributed by atoms with van der Waals surface area (Å²) in [5, 5.41) is 0. The van der Waals surface area contributed by atoms with Crippen molar-refractivity contribution in [1.29, 1.82) is 0 Å². The van der Waals surface area contributed by atoms with Gasteiger partial charge in [0.05, 0.1) is 18.6 Å². The summed E-state index contributed by atoms with van der Waals surface area (Å²) in [6.07, 6.45) is 0.670. The van der Waals surface area contributed by atoms with Crippen LogP contribution in [0.1, 0.15) is 56.5 Å². The van der Waals surface area contributed by atoms with Gasteiger partial charge in [0, 0.05) is 18.5 Å². The Bertz CT molecular complexity index is 1090. The van der Waals surface area contributed by atoms with Crippen molar-refractivity contribution < 1.29 is 27.5 Å². The number of benzene rings is 2. The van der Waals surface area contributed by atoms with E-state index in [0.29, 0.717) is 18.1 Å². The Labute approximate surface area is 201 Å². The van der Waals surface area contributed by atoms with Crippen LogP contribution in [-0.2, 0) is 20.2 Å². The normalized spacial score (nSPS) is 11.6. The Hall–Kier alpha value is -3.11. The van der Waals surface area contributed by atoms with E-state index in [-0.39, 0.29) is 28.8 Å². The molecule has 2 amide bonds. The zero-order valence-electron chi connectivity index (χ0n) is 20.2. The number of hydrazine groups is 1. The minimum absolute atomic E-state index is 0.0890. The number of methoxy groups -OCH3 is 1. The topological polar surface area (TPSA) is 123 Å². The third-order valence-electron chi connectivity index (χ3n) is 4.88. The molecule has 2 rings (SSSR count). The number of carbonyl (C=O) groups is 2. The summed E-state index contributed by atoms with van der Waals surface area (Å²) in [6, 6.07) is 11.3. The smallest absolute Gasteiger partial charge is 0.269 e. The zero-order chi connectivity index (χ0) is 25.4. The minimum Gasteiger partial charge on any atom is -0.493 e. The summed E-state index contributed by atoms with van der Waals surface area (Å²) in [5.41, 5.74) is 5.76. The summed E-state index contributed by atoms with van der Waals surface area (Å²) < 4.78 is 38.1. The average Bonchev–Trinajstić information content (AvgIpc) is 2.80. The number of hydrogen-bond donors (Lipinski definition) is 3. The van der Waals surface area contributed by atoms with Crippen LogP contribution in [0.2, 0.25) is 0 Å². The van der Waals surface area contributed by atoms with E-state index in [9.17, 15) is 18.0 Å². The number of ether oxygens (including phenoxy) is 2. The van der Waals surface area contributed by atoms with Crippen LogP contribution >= 0.6 is 0 Å². The lowest BCUT2D eigenvalue weighted by atomic mass is 9.87. The SMILES string of the molecule is CCCOc1ccc(C(=O)NNC(=O)CCNS(=O)(=O)c2ccc(C(C)(C)C)cc2)cc1OC. The van der Waals surface area contributed by atoms with Crippen molar-refractivity contribution in [2.24, 2.45) is 0 Å². The maximum absolute atomic E-state index is 12.4. The van der Waals surface area contributed by atoms with Gasteiger partial charge in [0.1, 0.15) is 0 Å². The Balaban J connectivity index is 1.84. The average molecular weight is 492 g/mol. The molecule has 0 aliphatic carbocycles. The van der Waals surface area contributed by atoms with E-state index in [1.807, 2.05) is 27.7 Å². The Morgan fingerprint density at radius 2 is 1.65 bits per heavy atom. The maximum atomic E-state index is 12.4. The van der Waals surface area contributed by atoms with E-state index in [1.54, 1.807) is 24.3 Å². The van der Waals surface area contributed by atoms with Gasteiger partial charge in [-0.1, -0.05) is 39.8 Å². The number of carbonyl (C=O) groups excluding carboxylic acids is 2. The van der Waals surface area contributed by atoms with Crippen LogP contribution in [0.4, 0.5) is 0 Å². The molecular weight excluding hydrogens is 458 g/mol. The molecule has 0 aliphatic rings. The van der Waals surface area contributed by atoms with Crippen molar-refractivity contribution in [2.45, 2.75) is 50.8 Å². The van der Waals surface area contributed by atoms with Gasteiger partial charge in [-0.2, -0.15) is 0 Å². The molecule has 0 saturated heterocycles. The molecule has 0 aromatic heterocycles. The van der Waals surface area contributed by atoms with Crippen LogP contribution < -0.4 is 25.0 Å². The molecule has 0 spiro atoms. The van der Waals surface area contributed by atoms with Crippen LogP contribution in [0.25, 0.3) is 0 Å². The second-order valence-corrected chi connectivity index (χ2v) is 10.4. The van der Waals surface area contributed by atoms with Crippen molar-refractivity contribution in [3.05, 3.63) is 53.6 Å². The van der Waals surface area contributed by atoms with Gasteiger partial charge in [-0.3, -0.25) is 20.4 Å². The fraction of sp³-hybridized carbons (Fsp3) is 0.417. The molecule has 2 aromatic rings. The molecule has 0 atom stereocenters. The number of rotatable bonds is 10. The summed E-state index contributed by atoms with van der Waals surface area (Å²) >= 11 is 0. The lowest BCUT2D eigenvalue weighted by molar-refractivity contribution is -0.121. The first kappa shape index (κ1) is 27.1. The second kappa shape index (κ2) is 11.8. The number of hydrogen-bond acceptors (Lipinski definition) is 6. The predicted octanol–water partition coefficient (Wildman–Crippen LogP) is 2.91. The molecule has 9 nitrogen and oxygen atoms in total. The van der Waals surface area contributed by atoms with Crippen LogP contribution in [0, 0.1) is 0 Å². The lowest BCUT2D eigenvalue weighted by Gasteiger charge is -2.19. The first-order valence-corrected chi connectivity index (χ1v) is 12.5. The maximum Gasteiger partial charge on any atom is 0.269 e. The molecule has 0 saturated carbocycles. The summed E-state index contributed by atoms with van der Waals surface area (Å²) in [6.45, 7) is 8.50. The molecule has 186 valence electrons. The van der Waals surface area contributed by atoms with Crippen LogP contribution in [0.3, 0.4) is 0 Å². The molecule has 10 heteroatoms. The van der Waals surface area contributed by atoms with E-state index in [2.05, 4.69) is 15.6 Å². The van der Waals surface area contributed by atoms with Gasteiger partial charge in [-0.25, -0.2) is 13.1 Å². The van der Waals surface area contributed by atoms with Gasteiger partial charge in [0.15, 0.2) is 11.5 Å². The van der Waals surface area contributed by atoms with Gasteiger partial charge in [0.2, 0.25) is 15.9 Å². The van der Waals surface area contributed by atoms with Crippen LogP contribution in [0.15, 0.2) is 47.4 Å². The van der Waals surface area contributed by atoms with Crippen LogP contribution in [0.5, 0.6) is 11.5 Å². The Morgan fingerprint density at radius 3 is 2.24 bits per heavy atom. The molecule has 0 unspecified atom stereocenters.